The minimum Gasteiger partial charge on any atom is -0.412 e. The number of nitrogens with one attached hydrogen (secondary N) is 1. The van der Waals surface area contributed by atoms with Gasteiger partial charge < -0.3 is 9.73 Å². The van der Waals surface area contributed by atoms with Crippen molar-refractivity contribution in [1.82, 2.24) is 19.8 Å². The Bertz CT molecular complexity index is 1100. The second kappa shape index (κ2) is 8.66. The number of hydrogen-bond donors (Lipinski definition) is 1. The van der Waals surface area contributed by atoms with Crippen LogP contribution in [0.15, 0.2) is 51.1 Å². The Kier molecular flexibility index (Phi) is 5.98. The van der Waals surface area contributed by atoms with Gasteiger partial charge in [0.2, 0.25) is 15.9 Å². The first kappa shape index (κ1) is 20.7. The molecule has 0 saturated carbocycles. The van der Waals surface area contributed by atoms with Crippen molar-refractivity contribution in [2.45, 2.75) is 31.2 Å². The molecule has 0 bridgehead atoms. The summed E-state index contributed by atoms with van der Waals surface area (Å²) in [7, 11) is -3.52. The lowest BCUT2D eigenvalue weighted by atomic mass is 10.0. The Labute approximate surface area is 179 Å². The van der Waals surface area contributed by atoms with Crippen molar-refractivity contribution in [3.8, 4) is 11.5 Å². The third kappa shape index (κ3) is 4.45. The van der Waals surface area contributed by atoms with Crippen LogP contribution in [0.1, 0.15) is 35.3 Å². The molecule has 4 rings (SSSR count). The van der Waals surface area contributed by atoms with Crippen molar-refractivity contribution in [3.63, 3.8) is 0 Å². The summed E-state index contributed by atoms with van der Waals surface area (Å²) in [5.74, 6) is 0.112. The van der Waals surface area contributed by atoms with Crippen LogP contribution < -0.4 is 5.32 Å². The molecule has 1 amide bonds. The highest BCUT2D eigenvalue weighted by molar-refractivity contribution is 7.89. The van der Waals surface area contributed by atoms with Gasteiger partial charge in [0.1, 0.15) is 0 Å². The standard InChI is InChI=1S/C20H22N4O4S2/c1-14-8-10-24(11-9-14)30(26,27)17-6-4-15(5-7-17)19-22-23-20(28-19)18(25)21-13-16-3-2-12-29-16/h2-7,12,14H,8-11,13H2,1H3,(H,21,25). The summed E-state index contributed by atoms with van der Waals surface area (Å²) >= 11 is 1.54. The van der Waals surface area contributed by atoms with E-state index in [0.29, 0.717) is 31.1 Å². The Morgan fingerprint density at radius 3 is 2.60 bits per heavy atom. The molecule has 1 aliphatic rings. The lowest BCUT2D eigenvalue weighted by Crippen LogP contribution is -2.37. The van der Waals surface area contributed by atoms with Crippen LogP contribution in [0.2, 0.25) is 0 Å². The molecule has 1 saturated heterocycles. The first-order chi connectivity index (χ1) is 14.4. The summed E-state index contributed by atoms with van der Waals surface area (Å²) < 4.78 is 32.7. The van der Waals surface area contributed by atoms with Crippen LogP contribution >= 0.6 is 11.3 Å². The number of nitrogens with zero attached hydrogens (tertiary/aromatic N) is 3. The van der Waals surface area contributed by atoms with Gasteiger partial charge in [0.05, 0.1) is 11.4 Å². The smallest absolute Gasteiger partial charge is 0.309 e. The number of sulfonamides is 1. The largest absolute Gasteiger partial charge is 0.412 e. The number of piperidine rings is 1. The van der Waals surface area contributed by atoms with Crippen LogP contribution in [-0.2, 0) is 16.6 Å². The van der Waals surface area contributed by atoms with E-state index in [1.807, 2.05) is 17.5 Å². The number of hydrogen-bond acceptors (Lipinski definition) is 7. The van der Waals surface area contributed by atoms with E-state index in [2.05, 4.69) is 22.4 Å². The van der Waals surface area contributed by atoms with Crippen LogP contribution in [0.25, 0.3) is 11.5 Å². The SMILES string of the molecule is CC1CCN(S(=O)(=O)c2ccc(-c3nnc(C(=O)NCc4cccs4)o3)cc2)CC1. The Balaban J connectivity index is 1.43. The number of aromatic nitrogens is 2. The molecule has 1 fully saturated rings. The predicted molar refractivity (Wildman–Crippen MR) is 112 cm³/mol. The Morgan fingerprint density at radius 2 is 1.93 bits per heavy atom. The topological polar surface area (TPSA) is 105 Å². The van der Waals surface area contributed by atoms with Crippen LogP contribution in [0, 0.1) is 5.92 Å². The molecule has 8 nitrogen and oxygen atoms in total. The summed E-state index contributed by atoms with van der Waals surface area (Å²) in [6, 6.07) is 10.1. The molecule has 0 unspecified atom stereocenters. The molecule has 1 N–H and O–H groups in total. The molecule has 3 aromatic rings. The molecule has 10 heteroatoms. The number of rotatable bonds is 6. The molecule has 158 valence electrons. The summed E-state index contributed by atoms with van der Waals surface area (Å²) in [4.78, 5) is 13.4. The van der Waals surface area contributed by atoms with Crippen molar-refractivity contribution < 1.29 is 17.6 Å². The monoisotopic (exact) mass is 446 g/mol. The number of carbonyl (C=O) groups excluding carboxylic acids is 1. The molecule has 0 spiro atoms. The molecule has 3 heterocycles. The highest BCUT2D eigenvalue weighted by Gasteiger charge is 2.28. The van der Waals surface area contributed by atoms with Gasteiger partial charge in [-0.1, -0.05) is 13.0 Å². The molecule has 0 atom stereocenters. The molecule has 0 aliphatic carbocycles. The minimum absolute atomic E-state index is 0.138. The maximum atomic E-state index is 12.8. The number of carbonyl (C=O) groups is 1. The molecular weight excluding hydrogens is 424 g/mol. The van der Waals surface area contributed by atoms with Crippen molar-refractivity contribution in [1.29, 1.82) is 0 Å². The van der Waals surface area contributed by atoms with Crippen molar-refractivity contribution in [3.05, 3.63) is 52.5 Å². The predicted octanol–water partition coefficient (Wildman–Crippen LogP) is 3.15. The van der Waals surface area contributed by atoms with Gasteiger partial charge in [0.15, 0.2) is 0 Å². The van der Waals surface area contributed by atoms with E-state index in [1.165, 1.54) is 16.4 Å². The first-order valence-corrected chi connectivity index (χ1v) is 12.0. The van der Waals surface area contributed by atoms with Gasteiger partial charge in [0, 0.05) is 23.5 Å². The van der Waals surface area contributed by atoms with Gasteiger partial charge in [-0.3, -0.25) is 4.79 Å². The van der Waals surface area contributed by atoms with E-state index in [0.717, 1.165) is 17.7 Å². The summed E-state index contributed by atoms with van der Waals surface area (Å²) in [5.41, 5.74) is 0.547. The zero-order valence-electron chi connectivity index (χ0n) is 16.4. The van der Waals surface area contributed by atoms with E-state index >= 15 is 0 Å². The summed E-state index contributed by atoms with van der Waals surface area (Å²) in [6.07, 6.45) is 1.74. The zero-order chi connectivity index (χ0) is 21.1. The van der Waals surface area contributed by atoms with Crippen molar-refractivity contribution >= 4 is 27.3 Å². The highest BCUT2D eigenvalue weighted by atomic mass is 32.2. The summed E-state index contributed by atoms with van der Waals surface area (Å²) in [6.45, 7) is 3.60. The van der Waals surface area contributed by atoms with Crippen LogP contribution in [0.5, 0.6) is 0 Å². The van der Waals surface area contributed by atoms with Crippen LogP contribution in [-0.4, -0.2) is 41.9 Å². The second-order valence-electron chi connectivity index (χ2n) is 7.29. The quantitative estimate of drug-likeness (QED) is 0.624. The van der Waals surface area contributed by atoms with Gasteiger partial charge in [-0.05, 0) is 54.5 Å². The number of amides is 1. The van der Waals surface area contributed by atoms with Crippen LogP contribution in [0.3, 0.4) is 0 Å². The van der Waals surface area contributed by atoms with E-state index in [9.17, 15) is 13.2 Å². The third-order valence-electron chi connectivity index (χ3n) is 5.10. The fraction of sp³-hybridized carbons (Fsp3) is 0.350. The molecule has 1 aliphatic heterocycles. The minimum atomic E-state index is -3.52. The fourth-order valence-corrected chi connectivity index (χ4v) is 5.35. The third-order valence-corrected chi connectivity index (χ3v) is 7.89. The maximum Gasteiger partial charge on any atom is 0.309 e. The summed E-state index contributed by atoms with van der Waals surface area (Å²) in [5, 5.41) is 12.4. The number of benzene rings is 1. The molecule has 2 aromatic heterocycles. The highest BCUT2D eigenvalue weighted by Crippen LogP contribution is 2.25. The van der Waals surface area contributed by atoms with E-state index in [4.69, 9.17) is 4.42 Å². The molecule has 0 radical (unpaired) electrons. The average molecular weight is 447 g/mol. The second-order valence-corrected chi connectivity index (χ2v) is 10.3. The maximum absolute atomic E-state index is 12.8. The van der Waals surface area contributed by atoms with Gasteiger partial charge in [-0.2, -0.15) is 4.31 Å². The van der Waals surface area contributed by atoms with Crippen LogP contribution in [0.4, 0.5) is 0 Å². The molecular formula is C20H22N4O4S2. The lowest BCUT2D eigenvalue weighted by Gasteiger charge is -2.29. The first-order valence-electron chi connectivity index (χ1n) is 9.68. The normalized spacial score (nSPS) is 15.9. The van der Waals surface area contributed by atoms with Gasteiger partial charge in [-0.25, -0.2) is 8.42 Å². The van der Waals surface area contributed by atoms with Gasteiger partial charge in [-0.15, -0.1) is 21.5 Å². The molecule has 1 aromatic carbocycles. The zero-order valence-corrected chi connectivity index (χ0v) is 18.1. The van der Waals surface area contributed by atoms with Gasteiger partial charge >= 0.3 is 11.8 Å². The Morgan fingerprint density at radius 1 is 1.20 bits per heavy atom. The Hall–Kier alpha value is -2.56. The molecule has 30 heavy (non-hydrogen) atoms. The number of thiophene rings is 1. The van der Waals surface area contributed by atoms with Crippen molar-refractivity contribution in [2.24, 2.45) is 5.92 Å². The van der Waals surface area contributed by atoms with Gasteiger partial charge in [0.25, 0.3) is 0 Å². The van der Waals surface area contributed by atoms with E-state index < -0.39 is 15.9 Å². The lowest BCUT2D eigenvalue weighted by molar-refractivity contribution is 0.0917. The van der Waals surface area contributed by atoms with E-state index in [1.54, 1.807) is 23.5 Å². The van der Waals surface area contributed by atoms with E-state index in [-0.39, 0.29) is 16.7 Å². The van der Waals surface area contributed by atoms with Crippen molar-refractivity contribution in [2.75, 3.05) is 13.1 Å². The average Bonchev–Trinajstić information content (AvgIpc) is 3.45. The fourth-order valence-electron chi connectivity index (χ4n) is 3.23.